The van der Waals surface area contributed by atoms with E-state index in [9.17, 15) is 9.18 Å². The van der Waals surface area contributed by atoms with Crippen LogP contribution in [0, 0.1) is 19.7 Å². The van der Waals surface area contributed by atoms with Crippen LogP contribution in [0.3, 0.4) is 0 Å². The molecule has 92 valence electrons. The second kappa shape index (κ2) is 4.86. The molecule has 0 bridgehead atoms. The Kier molecular flexibility index (Phi) is 3.43. The first kappa shape index (κ1) is 12.7. The first-order valence-electron chi connectivity index (χ1n) is 5.42. The van der Waals surface area contributed by atoms with Crippen molar-refractivity contribution in [3.63, 3.8) is 0 Å². The van der Waals surface area contributed by atoms with E-state index in [1.165, 1.54) is 12.3 Å². The molecule has 18 heavy (non-hydrogen) atoms. The summed E-state index contributed by atoms with van der Waals surface area (Å²) in [6.07, 6.45) is 1.46. The van der Waals surface area contributed by atoms with Gasteiger partial charge < -0.3 is 0 Å². The summed E-state index contributed by atoms with van der Waals surface area (Å²) in [5, 5.41) is 0.224. The first-order chi connectivity index (χ1) is 8.50. The molecule has 0 amide bonds. The van der Waals surface area contributed by atoms with Crippen LogP contribution in [0.1, 0.15) is 27.2 Å². The van der Waals surface area contributed by atoms with Gasteiger partial charge in [-0.05, 0) is 43.2 Å². The third kappa shape index (κ3) is 2.27. The first-order valence-corrected chi connectivity index (χ1v) is 5.80. The summed E-state index contributed by atoms with van der Waals surface area (Å²) >= 11 is 5.90. The zero-order valence-electron chi connectivity index (χ0n) is 10.00. The fraction of sp³-hybridized carbons (Fsp3) is 0.143. The van der Waals surface area contributed by atoms with Gasteiger partial charge >= 0.3 is 0 Å². The predicted molar refractivity (Wildman–Crippen MR) is 68.6 cm³/mol. The van der Waals surface area contributed by atoms with E-state index in [1.807, 2.05) is 0 Å². The van der Waals surface area contributed by atoms with Gasteiger partial charge in [0.1, 0.15) is 11.5 Å². The molecule has 0 radical (unpaired) electrons. The zero-order valence-corrected chi connectivity index (χ0v) is 10.8. The lowest BCUT2D eigenvalue weighted by molar-refractivity contribution is 0.103. The van der Waals surface area contributed by atoms with E-state index in [0.717, 1.165) is 5.56 Å². The van der Waals surface area contributed by atoms with Crippen molar-refractivity contribution in [3.05, 3.63) is 63.7 Å². The molecule has 0 saturated carbocycles. The average molecular weight is 264 g/mol. The van der Waals surface area contributed by atoms with Gasteiger partial charge in [-0.1, -0.05) is 17.7 Å². The van der Waals surface area contributed by atoms with E-state index in [4.69, 9.17) is 11.6 Å². The fourth-order valence-corrected chi connectivity index (χ4v) is 2.08. The number of carbonyl (C=O) groups excluding carboxylic acids is 1. The van der Waals surface area contributed by atoms with Crippen LogP contribution in [0.2, 0.25) is 5.02 Å². The van der Waals surface area contributed by atoms with Crippen LogP contribution in [0.25, 0.3) is 0 Å². The van der Waals surface area contributed by atoms with E-state index in [1.54, 1.807) is 32.0 Å². The zero-order chi connectivity index (χ0) is 13.3. The Morgan fingerprint density at radius 3 is 2.67 bits per heavy atom. The van der Waals surface area contributed by atoms with Gasteiger partial charge in [0.2, 0.25) is 5.78 Å². The number of aryl methyl sites for hydroxylation is 2. The Hall–Kier alpha value is -1.74. The molecule has 0 aliphatic carbocycles. The number of nitrogens with zero attached hydrogens (tertiary/aromatic N) is 1. The topological polar surface area (TPSA) is 30.0 Å². The summed E-state index contributed by atoms with van der Waals surface area (Å²) in [6, 6.07) is 6.27. The minimum atomic E-state index is -0.542. The van der Waals surface area contributed by atoms with Crippen LogP contribution in [-0.4, -0.2) is 10.8 Å². The Labute approximate surface area is 109 Å². The van der Waals surface area contributed by atoms with Gasteiger partial charge in [0.05, 0.1) is 10.6 Å². The van der Waals surface area contributed by atoms with Crippen molar-refractivity contribution in [2.45, 2.75) is 13.8 Å². The molecule has 1 aromatic carbocycles. The van der Waals surface area contributed by atoms with Crippen LogP contribution < -0.4 is 0 Å². The standard InChI is InChI=1S/C14H11ClFNO/c1-8-6-9(2)12(11(16)7-8)14(18)13-10(15)4-3-5-17-13/h3-7H,1-2H3. The molecule has 2 nitrogen and oxygen atoms in total. The monoisotopic (exact) mass is 263 g/mol. The van der Waals surface area contributed by atoms with Crippen LogP contribution in [0.4, 0.5) is 4.39 Å². The molecular formula is C14H11ClFNO. The number of benzene rings is 1. The van der Waals surface area contributed by atoms with E-state index in [0.29, 0.717) is 5.56 Å². The van der Waals surface area contributed by atoms with Crippen LogP contribution >= 0.6 is 11.6 Å². The lowest BCUT2D eigenvalue weighted by atomic mass is 9.99. The quantitative estimate of drug-likeness (QED) is 0.773. The molecule has 0 aliphatic rings. The van der Waals surface area contributed by atoms with Crippen molar-refractivity contribution in [1.29, 1.82) is 0 Å². The number of carbonyl (C=O) groups is 1. The van der Waals surface area contributed by atoms with E-state index >= 15 is 0 Å². The van der Waals surface area contributed by atoms with Crippen LogP contribution in [0.15, 0.2) is 30.5 Å². The summed E-state index contributed by atoms with van der Waals surface area (Å²) in [5.74, 6) is -1.03. The van der Waals surface area contributed by atoms with Crippen molar-refractivity contribution in [2.24, 2.45) is 0 Å². The molecule has 1 heterocycles. The Morgan fingerprint density at radius 1 is 1.33 bits per heavy atom. The van der Waals surface area contributed by atoms with Crippen LogP contribution in [0.5, 0.6) is 0 Å². The number of hydrogen-bond acceptors (Lipinski definition) is 2. The fourth-order valence-electron chi connectivity index (χ4n) is 1.87. The van der Waals surface area contributed by atoms with E-state index in [-0.39, 0.29) is 16.3 Å². The highest BCUT2D eigenvalue weighted by Gasteiger charge is 2.20. The highest BCUT2D eigenvalue weighted by molar-refractivity contribution is 6.34. The smallest absolute Gasteiger partial charge is 0.216 e. The SMILES string of the molecule is Cc1cc(C)c(C(=O)c2ncccc2Cl)c(F)c1. The third-order valence-corrected chi connectivity index (χ3v) is 2.94. The van der Waals surface area contributed by atoms with Crippen molar-refractivity contribution in [2.75, 3.05) is 0 Å². The minimum absolute atomic E-state index is 0.0289. The van der Waals surface area contributed by atoms with E-state index < -0.39 is 11.6 Å². The highest BCUT2D eigenvalue weighted by atomic mass is 35.5. The average Bonchev–Trinajstić information content (AvgIpc) is 2.27. The number of rotatable bonds is 2. The molecule has 0 aliphatic heterocycles. The number of halogens is 2. The summed E-state index contributed by atoms with van der Waals surface area (Å²) < 4.78 is 13.9. The molecule has 0 saturated heterocycles. The number of hydrogen-bond donors (Lipinski definition) is 0. The summed E-state index contributed by atoms with van der Waals surface area (Å²) in [6.45, 7) is 3.47. The van der Waals surface area contributed by atoms with Gasteiger partial charge in [0, 0.05) is 6.20 Å². The van der Waals surface area contributed by atoms with Gasteiger partial charge in [0.25, 0.3) is 0 Å². The molecule has 4 heteroatoms. The maximum absolute atomic E-state index is 13.9. The molecule has 0 fully saturated rings. The van der Waals surface area contributed by atoms with Crippen molar-refractivity contribution >= 4 is 17.4 Å². The number of pyridine rings is 1. The van der Waals surface area contributed by atoms with Crippen molar-refractivity contribution in [1.82, 2.24) is 4.98 Å². The molecule has 0 atom stereocenters. The molecule has 0 unspecified atom stereocenters. The Bertz CT molecular complexity index is 602. The molecule has 0 spiro atoms. The maximum Gasteiger partial charge on any atom is 0.216 e. The summed E-state index contributed by atoms with van der Waals surface area (Å²) in [7, 11) is 0. The van der Waals surface area contributed by atoms with Gasteiger partial charge in [0.15, 0.2) is 0 Å². The maximum atomic E-state index is 13.9. The number of aromatic nitrogens is 1. The molecule has 2 aromatic rings. The summed E-state index contributed by atoms with van der Waals surface area (Å²) in [4.78, 5) is 16.1. The molecule has 1 aromatic heterocycles. The van der Waals surface area contributed by atoms with Gasteiger partial charge in [-0.2, -0.15) is 0 Å². The highest BCUT2D eigenvalue weighted by Crippen LogP contribution is 2.22. The normalized spacial score (nSPS) is 10.4. The van der Waals surface area contributed by atoms with Gasteiger partial charge in [-0.15, -0.1) is 0 Å². The van der Waals surface area contributed by atoms with Gasteiger partial charge in [-0.25, -0.2) is 4.39 Å². The van der Waals surface area contributed by atoms with Crippen molar-refractivity contribution in [3.8, 4) is 0 Å². The molecule has 0 N–H and O–H groups in total. The second-order valence-electron chi connectivity index (χ2n) is 4.10. The van der Waals surface area contributed by atoms with Crippen LogP contribution in [-0.2, 0) is 0 Å². The molecule has 2 rings (SSSR count). The lowest BCUT2D eigenvalue weighted by Crippen LogP contribution is -2.09. The Balaban J connectivity index is 2.57. The molecular weight excluding hydrogens is 253 g/mol. The lowest BCUT2D eigenvalue weighted by Gasteiger charge is -2.08. The largest absolute Gasteiger partial charge is 0.287 e. The second-order valence-corrected chi connectivity index (χ2v) is 4.51. The minimum Gasteiger partial charge on any atom is -0.287 e. The summed E-state index contributed by atoms with van der Waals surface area (Å²) in [5.41, 5.74) is 1.46. The predicted octanol–water partition coefficient (Wildman–Crippen LogP) is 3.72. The Morgan fingerprint density at radius 2 is 2.06 bits per heavy atom. The van der Waals surface area contributed by atoms with E-state index in [2.05, 4.69) is 4.98 Å². The van der Waals surface area contributed by atoms with Gasteiger partial charge in [-0.3, -0.25) is 9.78 Å². The van der Waals surface area contributed by atoms with Crippen molar-refractivity contribution < 1.29 is 9.18 Å². The third-order valence-electron chi connectivity index (χ3n) is 2.63. The number of ketones is 1.